The fourth-order valence-electron chi connectivity index (χ4n) is 2.32. The molecular formula is C15H15ClN4. The van der Waals surface area contributed by atoms with Crippen LogP contribution in [0.2, 0.25) is 0 Å². The highest BCUT2D eigenvalue weighted by Gasteiger charge is 2.12. The van der Waals surface area contributed by atoms with E-state index in [-0.39, 0.29) is 0 Å². The number of halogens is 1. The fraction of sp³-hybridized carbons (Fsp3) is 0.267. The number of nitrogens with zero attached hydrogens (tertiary/aromatic N) is 4. The Balaban J connectivity index is 2.09. The minimum absolute atomic E-state index is 0.554. The number of hydrogen-bond donors (Lipinski definition) is 0. The monoisotopic (exact) mass is 286 g/mol. The minimum atomic E-state index is 0.554. The molecule has 4 nitrogen and oxygen atoms in total. The standard InChI is InChI=1S/C15H15ClN4/c1-11-3-2-7-18-13(11)10-20-14-5-8-17-9-12(14)19-15(20)4-6-16/h2-3,5,7-9H,4,6,10H2,1H3. The van der Waals surface area contributed by atoms with E-state index in [4.69, 9.17) is 11.6 Å². The number of pyridine rings is 2. The smallest absolute Gasteiger partial charge is 0.111 e. The van der Waals surface area contributed by atoms with Gasteiger partial charge in [-0.05, 0) is 24.6 Å². The van der Waals surface area contributed by atoms with Gasteiger partial charge in [0.25, 0.3) is 0 Å². The molecule has 0 amide bonds. The van der Waals surface area contributed by atoms with E-state index in [0.717, 1.165) is 29.0 Å². The molecule has 3 rings (SSSR count). The van der Waals surface area contributed by atoms with E-state index in [9.17, 15) is 0 Å². The van der Waals surface area contributed by atoms with Crippen molar-refractivity contribution in [2.75, 3.05) is 5.88 Å². The maximum atomic E-state index is 5.89. The predicted octanol–water partition coefficient (Wildman–Crippen LogP) is 2.96. The van der Waals surface area contributed by atoms with Crippen molar-refractivity contribution in [3.8, 4) is 0 Å². The van der Waals surface area contributed by atoms with Crippen molar-refractivity contribution >= 4 is 22.6 Å². The quantitative estimate of drug-likeness (QED) is 0.693. The highest BCUT2D eigenvalue weighted by Crippen LogP contribution is 2.18. The first-order valence-electron chi connectivity index (χ1n) is 6.55. The third-order valence-electron chi connectivity index (χ3n) is 3.37. The van der Waals surface area contributed by atoms with Gasteiger partial charge in [0.15, 0.2) is 0 Å². The molecule has 0 aliphatic carbocycles. The lowest BCUT2D eigenvalue weighted by Gasteiger charge is -2.09. The van der Waals surface area contributed by atoms with Gasteiger partial charge in [-0.25, -0.2) is 4.98 Å². The summed E-state index contributed by atoms with van der Waals surface area (Å²) in [5.41, 5.74) is 4.21. The van der Waals surface area contributed by atoms with E-state index in [0.29, 0.717) is 12.4 Å². The molecule has 0 spiro atoms. The molecule has 5 heteroatoms. The summed E-state index contributed by atoms with van der Waals surface area (Å²) in [6, 6.07) is 6.01. The number of rotatable bonds is 4. The number of fused-ring (bicyclic) bond motifs is 1. The second kappa shape index (κ2) is 5.59. The van der Waals surface area contributed by atoms with E-state index >= 15 is 0 Å². The van der Waals surface area contributed by atoms with Crippen molar-refractivity contribution in [1.82, 2.24) is 19.5 Å². The Kier molecular flexibility index (Phi) is 3.65. The zero-order valence-corrected chi connectivity index (χ0v) is 12.0. The average Bonchev–Trinajstić information content (AvgIpc) is 2.80. The molecule has 0 unspecified atom stereocenters. The van der Waals surface area contributed by atoms with Gasteiger partial charge in [0.05, 0.1) is 24.0 Å². The van der Waals surface area contributed by atoms with Crippen LogP contribution in [-0.4, -0.2) is 25.4 Å². The van der Waals surface area contributed by atoms with E-state index in [2.05, 4.69) is 32.5 Å². The lowest BCUT2D eigenvalue weighted by atomic mass is 10.2. The fourth-order valence-corrected chi connectivity index (χ4v) is 2.49. The Morgan fingerprint density at radius 2 is 2.15 bits per heavy atom. The third-order valence-corrected chi connectivity index (χ3v) is 3.56. The van der Waals surface area contributed by atoms with Gasteiger partial charge in [-0.15, -0.1) is 11.6 Å². The van der Waals surface area contributed by atoms with Gasteiger partial charge in [-0.3, -0.25) is 9.97 Å². The third kappa shape index (κ3) is 2.39. The Hall–Kier alpha value is -1.94. The Morgan fingerprint density at radius 1 is 1.25 bits per heavy atom. The molecule has 0 saturated carbocycles. The lowest BCUT2D eigenvalue weighted by Crippen LogP contribution is -2.08. The van der Waals surface area contributed by atoms with Gasteiger partial charge in [0.1, 0.15) is 11.3 Å². The van der Waals surface area contributed by atoms with Gasteiger partial charge < -0.3 is 4.57 Å². The Bertz CT molecular complexity index is 736. The molecule has 0 aliphatic rings. The Labute approximate surface area is 122 Å². The van der Waals surface area contributed by atoms with Crippen LogP contribution in [0.15, 0.2) is 36.8 Å². The van der Waals surface area contributed by atoms with Crippen molar-refractivity contribution in [1.29, 1.82) is 0 Å². The van der Waals surface area contributed by atoms with Crippen LogP contribution in [0, 0.1) is 6.92 Å². The zero-order valence-electron chi connectivity index (χ0n) is 11.3. The second-order valence-corrected chi connectivity index (χ2v) is 5.06. The van der Waals surface area contributed by atoms with Gasteiger partial charge in [-0.2, -0.15) is 0 Å². The van der Waals surface area contributed by atoms with Gasteiger partial charge in [0, 0.05) is 24.7 Å². The van der Waals surface area contributed by atoms with Gasteiger partial charge in [0.2, 0.25) is 0 Å². The first-order valence-corrected chi connectivity index (χ1v) is 7.08. The number of alkyl halides is 1. The summed E-state index contributed by atoms with van der Waals surface area (Å²) in [4.78, 5) is 13.2. The first-order chi connectivity index (χ1) is 9.79. The molecule has 0 atom stereocenters. The van der Waals surface area contributed by atoms with Crippen LogP contribution in [0.3, 0.4) is 0 Å². The molecule has 0 fully saturated rings. The molecule has 0 aliphatic heterocycles. The summed E-state index contributed by atoms with van der Waals surface area (Å²) in [7, 11) is 0. The largest absolute Gasteiger partial charge is 0.322 e. The minimum Gasteiger partial charge on any atom is -0.322 e. The second-order valence-electron chi connectivity index (χ2n) is 4.68. The van der Waals surface area contributed by atoms with E-state index in [1.807, 2.05) is 18.3 Å². The topological polar surface area (TPSA) is 43.6 Å². The van der Waals surface area contributed by atoms with Crippen molar-refractivity contribution in [2.24, 2.45) is 0 Å². The number of imidazole rings is 1. The Morgan fingerprint density at radius 3 is 2.95 bits per heavy atom. The number of hydrogen-bond acceptors (Lipinski definition) is 3. The molecule has 0 radical (unpaired) electrons. The van der Waals surface area contributed by atoms with E-state index < -0.39 is 0 Å². The molecule has 3 heterocycles. The van der Waals surface area contributed by atoms with Crippen molar-refractivity contribution < 1.29 is 0 Å². The SMILES string of the molecule is Cc1cccnc1Cn1c(CCCl)nc2cnccc21. The molecule has 3 aromatic heterocycles. The van der Waals surface area contributed by atoms with Crippen LogP contribution in [-0.2, 0) is 13.0 Å². The summed E-state index contributed by atoms with van der Waals surface area (Å²) >= 11 is 5.89. The summed E-state index contributed by atoms with van der Waals surface area (Å²) in [6.45, 7) is 2.78. The van der Waals surface area contributed by atoms with Crippen LogP contribution < -0.4 is 0 Å². The summed E-state index contributed by atoms with van der Waals surface area (Å²) in [6.07, 6.45) is 6.14. The van der Waals surface area contributed by atoms with Crippen molar-refractivity contribution in [2.45, 2.75) is 19.9 Å². The van der Waals surface area contributed by atoms with Crippen LogP contribution in [0.25, 0.3) is 11.0 Å². The molecule has 0 saturated heterocycles. The highest BCUT2D eigenvalue weighted by atomic mass is 35.5. The van der Waals surface area contributed by atoms with E-state index in [1.54, 1.807) is 12.4 Å². The lowest BCUT2D eigenvalue weighted by molar-refractivity contribution is 0.733. The van der Waals surface area contributed by atoms with Crippen molar-refractivity contribution in [3.63, 3.8) is 0 Å². The molecule has 102 valence electrons. The van der Waals surface area contributed by atoms with Crippen LogP contribution in [0.4, 0.5) is 0 Å². The van der Waals surface area contributed by atoms with E-state index in [1.165, 1.54) is 5.56 Å². The van der Waals surface area contributed by atoms with Gasteiger partial charge in [-0.1, -0.05) is 6.07 Å². The molecule has 0 aromatic carbocycles. The maximum Gasteiger partial charge on any atom is 0.111 e. The van der Waals surface area contributed by atoms with Crippen LogP contribution >= 0.6 is 11.6 Å². The molecule has 0 bridgehead atoms. The maximum absolute atomic E-state index is 5.89. The summed E-state index contributed by atoms with van der Waals surface area (Å²) < 4.78 is 2.18. The summed E-state index contributed by atoms with van der Waals surface area (Å²) in [5, 5.41) is 0. The molecular weight excluding hydrogens is 272 g/mol. The number of aromatic nitrogens is 4. The summed E-state index contributed by atoms with van der Waals surface area (Å²) in [5.74, 6) is 1.53. The van der Waals surface area contributed by atoms with Crippen LogP contribution in [0.5, 0.6) is 0 Å². The van der Waals surface area contributed by atoms with Crippen LogP contribution in [0.1, 0.15) is 17.1 Å². The highest BCUT2D eigenvalue weighted by molar-refractivity contribution is 6.17. The molecule has 3 aromatic rings. The predicted molar refractivity (Wildman–Crippen MR) is 80.0 cm³/mol. The molecule has 0 N–H and O–H groups in total. The average molecular weight is 287 g/mol. The normalized spacial score (nSPS) is 11.1. The van der Waals surface area contributed by atoms with Crippen molar-refractivity contribution in [3.05, 3.63) is 53.9 Å². The molecule has 20 heavy (non-hydrogen) atoms. The number of aryl methyl sites for hydroxylation is 2. The first kappa shape index (κ1) is 13.1. The zero-order chi connectivity index (χ0) is 13.9. The van der Waals surface area contributed by atoms with Gasteiger partial charge >= 0.3 is 0 Å².